The average molecular weight is 344 g/mol. The van der Waals surface area contributed by atoms with Gasteiger partial charge in [-0.05, 0) is 23.8 Å². The first-order chi connectivity index (χ1) is 11.7. The van der Waals surface area contributed by atoms with Gasteiger partial charge >= 0.3 is 11.2 Å². The molecule has 3 rings (SSSR count). The molecule has 122 valence electrons. The monoisotopic (exact) mass is 344 g/mol. The number of nitro benzene ring substituents is 1. The molecule has 0 saturated heterocycles. The molecule has 2 aromatic rings. The number of methoxy groups -OCH3 is 1. The Morgan fingerprint density at radius 2 is 2.08 bits per heavy atom. The fourth-order valence-corrected chi connectivity index (χ4v) is 3.14. The highest BCUT2D eigenvalue weighted by atomic mass is 32.2. The number of rotatable bonds is 6. The Labute approximate surface area is 142 Å². The quantitative estimate of drug-likeness (QED) is 0.444. The molecule has 0 radical (unpaired) electrons. The first-order valence-electron chi connectivity index (χ1n) is 7.07. The van der Waals surface area contributed by atoms with Crippen molar-refractivity contribution in [3.63, 3.8) is 0 Å². The molecule has 1 aliphatic heterocycles. The Morgan fingerprint density at radius 1 is 1.29 bits per heavy atom. The Hall–Kier alpha value is -2.81. The van der Waals surface area contributed by atoms with Crippen LogP contribution in [0.25, 0.3) is 0 Å². The van der Waals surface area contributed by atoms with Crippen molar-refractivity contribution in [3.05, 3.63) is 64.2 Å². The van der Waals surface area contributed by atoms with Crippen LogP contribution >= 0.6 is 11.8 Å². The minimum absolute atomic E-state index is 0.0479. The zero-order chi connectivity index (χ0) is 16.9. The second-order valence-corrected chi connectivity index (χ2v) is 5.92. The zero-order valence-electron chi connectivity index (χ0n) is 12.8. The van der Waals surface area contributed by atoms with E-state index in [2.05, 4.69) is 15.6 Å². The molecule has 0 bridgehead atoms. The van der Waals surface area contributed by atoms with Crippen LogP contribution in [-0.2, 0) is 5.75 Å². The summed E-state index contributed by atoms with van der Waals surface area (Å²) in [5.41, 5.74) is 1.35. The summed E-state index contributed by atoms with van der Waals surface area (Å²) in [6.07, 6.45) is 0. The Balaban J connectivity index is 1.72. The predicted octanol–water partition coefficient (Wildman–Crippen LogP) is 4.30. The molecule has 1 unspecified atom stereocenters. The molecular formula is C15H14N5O3S+. The van der Waals surface area contributed by atoms with Gasteiger partial charge in [-0.3, -0.25) is 10.1 Å². The molecule has 8 nitrogen and oxygen atoms in total. The van der Waals surface area contributed by atoms with E-state index in [9.17, 15) is 10.1 Å². The van der Waals surface area contributed by atoms with E-state index in [1.54, 1.807) is 16.8 Å². The molecular weight excluding hydrogens is 330 g/mol. The molecule has 0 aliphatic carbocycles. The molecule has 0 fully saturated rings. The second-order valence-electron chi connectivity index (χ2n) is 4.88. The summed E-state index contributed by atoms with van der Waals surface area (Å²) < 4.78 is 6.72. The number of ether oxygens (including phenoxy) is 1. The van der Waals surface area contributed by atoms with Crippen molar-refractivity contribution in [1.82, 2.24) is 0 Å². The fourth-order valence-electron chi connectivity index (χ4n) is 2.21. The Bertz CT molecular complexity index is 810. The van der Waals surface area contributed by atoms with Crippen molar-refractivity contribution in [2.75, 3.05) is 7.11 Å². The van der Waals surface area contributed by atoms with E-state index in [0.717, 1.165) is 11.3 Å². The van der Waals surface area contributed by atoms with Gasteiger partial charge in [0, 0.05) is 16.9 Å². The van der Waals surface area contributed by atoms with Crippen LogP contribution in [0, 0.1) is 10.1 Å². The summed E-state index contributed by atoms with van der Waals surface area (Å²) in [6, 6.07) is 14.5. The lowest BCUT2D eigenvalue weighted by Gasteiger charge is -2.07. The van der Waals surface area contributed by atoms with Crippen molar-refractivity contribution in [2.45, 2.75) is 11.3 Å². The highest BCUT2D eigenvalue weighted by Crippen LogP contribution is 2.32. The molecule has 2 aromatic carbocycles. The van der Waals surface area contributed by atoms with Crippen LogP contribution < -0.4 is 4.74 Å². The molecule has 24 heavy (non-hydrogen) atoms. The van der Waals surface area contributed by atoms with Gasteiger partial charge in [0.05, 0.1) is 12.0 Å². The highest BCUT2D eigenvalue weighted by Gasteiger charge is 2.28. The van der Waals surface area contributed by atoms with E-state index in [1.807, 2.05) is 30.3 Å². The van der Waals surface area contributed by atoms with Crippen LogP contribution in [0.2, 0.25) is 0 Å². The fraction of sp³-hybridized carbons (Fsp3) is 0.200. The number of thioether (sulfide) groups is 1. The summed E-state index contributed by atoms with van der Waals surface area (Å²) in [5.74, 6) is 0.781. The number of hydrogen-bond acceptors (Lipinski definition) is 7. The molecule has 0 aromatic heterocycles. The SMILES string of the molecule is COc1ccc(CSC2N=NN=[N+]2c2ccccc2)cc1[N+](=O)[O-]. The zero-order valence-corrected chi connectivity index (χ0v) is 13.6. The standard InChI is InChI=1S/C15H14N5O3S/c1-23-14-8-7-11(9-13(14)20(21)22)10-24-15-16-17-18-19(15)12-5-3-2-4-6-12/h2-9,15H,10H2,1H3/q+1. The van der Waals surface area contributed by atoms with Gasteiger partial charge in [-0.2, -0.15) is 0 Å². The topological polar surface area (TPSA) is 92.5 Å². The Morgan fingerprint density at radius 3 is 2.79 bits per heavy atom. The number of benzene rings is 2. The maximum atomic E-state index is 11.1. The van der Waals surface area contributed by atoms with E-state index in [0.29, 0.717) is 5.75 Å². The normalized spacial score (nSPS) is 16.0. The molecule has 1 heterocycles. The lowest BCUT2D eigenvalue weighted by atomic mass is 10.2. The molecule has 9 heteroatoms. The second kappa shape index (κ2) is 7.18. The van der Waals surface area contributed by atoms with Gasteiger partial charge in [-0.15, -0.1) is 0 Å². The van der Waals surface area contributed by atoms with Crippen LogP contribution in [0.15, 0.2) is 64.1 Å². The van der Waals surface area contributed by atoms with Gasteiger partial charge < -0.3 is 4.74 Å². The van der Waals surface area contributed by atoms with E-state index in [1.165, 1.54) is 24.9 Å². The number of nitro groups is 1. The van der Waals surface area contributed by atoms with Crippen LogP contribution in [-0.4, -0.2) is 22.2 Å². The first-order valence-corrected chi connectivity index (χ1v) is 8.12. The number of para-hydroxylation sites is 1. The van der Waals surface area contributed by atoms with Gasteiger partial charge in [0.1, 0.15) is 0 Å². The van der Waals surface area contributed by atoms with Crippen molar-refractivity contribution < 1.29 is 14.4 Å². The third-order valence-electron chi connectivity index (χ3n) is 3.36. The van der Waals surface area contributed by atoms with Crippen molar-refractivity contribution >= 4 is 23.1 Å². The summed E-state index contributed by atoms with van der Waals surface area (Å²) in [7, 11) is 1.41. The summed E-state index contributed by atoms with van der Waals surface area (Å²) >= 11 is 1.48. The van der Waals surface area contributed by atoms with Gasteiger partial charge in [0.15, 0.2) is 16.7 Å². The predicted molar refractivity (Wildman–Crippen MR) is 88.4 cm³/mol. The molecule has 1 atom stereocenters. The van der Waals surface area contributed by atoms with Gasteiger partial charge in [-0.1, -0.05) is 40.7 Å². The minimum atomic E-state index is -0.451. The lowest BCUT2D eigenvalue weighted by molar-refractivity contribution is -0.515. The molecule has 1 aliphatic rings. The number of hydrogen-bond donors (Lipinski definition) is 0. The lowest BCUT2D eigenvalue weighted by Crippen LogP contribution is -2.11. The summed E-state index contributed by atoms with van der Waals surface area (Å²) in [6.45, 7) is 0. The van der Waals surface area contributed by atoms with E-state index in [-0.39, 0.29) is 16.9 Å². The molecule has 0 N–H and O–H groups in total. The maximum Gasteiger partial charge on any atom is 0.311 e. The highest BCUT2D eigenvalue weighted by molar-refractivity contribution is 7.98. The van der Waals surface area contributed by atoms with Crippen LogP contribution in [0.1, 0.15) is 5.56 Å². The van der Waals surface area contributed by atoms with Crippen LogP contribution in [0.4, 0.5) is 11.4 Å². The largest absolute Gasteiger partial charge is 0.490 e. The van der Waals surface area contributed by atoms with E-state index < -0.39 is 4.92 Å². The van der Waals surface area contributed by atoms with Gasteiger partial charge in [0.25, 0.3) is 0 Å². The maximum absolute atomic E-state index is 11.1. The van der Waals surface area contributed by atoms with Crippen molar-refractivity contribution in [2.24, 2.45) is 15.6 Å². The smallest absolute Gasteiger partial charge is 0.311 e. The number of nitrogens with zero attached hydrogens (tertiary/aromatic N) is 5. The average Bonchev–Trinajstić information content (AvgIpc) is 3.09. The van der Waals surface area contributed by atoms with Crippen LogP contribution in [0.5, 0.6) is 5.75 Å². The summed E-state index contributed by atoms with van der Waals surface area (Å²) in [4.78, 5) is 10.6. The van der Waals surface area contributed by atoms with Gasteiger partial charge in [0.2, 0.25) is 5.22 Å². The third-order valence-corrected chi connectivity index (χ3v) is 4.45. The van der Waals surface area contributed by atoms with Crippen LogP contribution in [0.3, 0.4) is 0 Å². The van der Waals surface area contributed by atoms with Crippen molar-refractivity contribution in [1.29, 1.82) is 0 Å². The van der Waals surface area contributed by atoms with Crippen molar-refractivity contribution in [3.8, 4) is 5.75 Å². The molecule has 0 spiro atoms. The molecule has 0 amide bonds. The minimum Gasteiger partial charge on any atom is -0.490 e. The van der Waals surface area contributed by atoms with Gasteiger partial charge in [-0.25, -0.2) is 0 Å². The summed E-state index contributed by atoms with van der Waals surface area (Å²) in [5, 5.41) is 22.9. The first kappa shape index (κ1) is 16.1. The Kier molecular flexibility index (Phi) is 4.80. The van der Waals surface area contributed by atoms with E-state index in [4.69, 9.17) is 4.74 Å². The molecule has 0 saturated carbocycles. The third kappa shape index (κ3) is 3.40. The van der Waals surface area contributed by atoms with E-state index >= 15 is 0 Å².